The van der Waals surface area contributed by atoms with E-state index in [1.807, 2.05) is 22.0 Å². The van der Waals surface area contributed by atoms with Crippen molar-refractivity contribution in [3.63, 3.8) is 0 Å². The molecule has 1 amide bonds. The zero-order valence-corrected chi connectivity index (χ0v) is 20.7. The Morgan fingerprint density at radius 1 is 1.36 bits per heavy atom. The van der Waals surface area contributed by atoms with E-state index in [0.717, 1.165) is 30.1 Å². The SMILES string of the molecule is C=CCn1c(SCC(=O)Nc2cc(OC)ccc2OC)nnc1-c1csc2c1CCC(C)C2. The molecule has 1 unspecified atom stereocenters. The molecule has 2 aromatic heterocycles. The molecule has 0 aliphatic heterocycles. The van der Waals surface area contributed by atoms with E-state index in [1.165, 1.54) is 28.6 Å². The second-order valence-electron chi connectivity index (χ2n) is 8.01. The van der Waals surface area contributed by atoms with Crippen molar-refractivity contribution in [1.29, 1.82) is 0 Å². The van der Waals surface area contributed by atoms with Gasteiger partial charge in [0.25, 0.3) is 0 Å². The Morgan fingerprint density at radius 3 is 2.97 bits per heavy atom. The van der Waals surface area contributed by atoms with Gasteiger partial charge in [-0.1, -0.05) is 24.8 Å². The van der Waals surface area contributed by atoms with Crippen LogP contribution >= 0.6 is 23.1 Å². The maximum absolute atomic E-state index is 12.7. The first-order valence-electron chi connectivity index (χ1n) is 10.8. The Bertz CT molecular complexity index is 1150. The number of anilines is 1. The predicted octanol–water partition coefficient (Wildman–Crippen LogP) is 5.07. The number of thiophene rings is 1. The highest BCUT2D eigenvalue weighted by Gasteiger charge is 2.24. The molecular weight excluding hydrogens is 456 g/mol. The molecule has 1 aliphatic rings. The number of nitrogens with one attached hydrogen (secondary N) is 1. The van der Waals surface area contributed by atoms with Crippen LogP contribution < -0.4 is 14.8 Å². The third kappa shape index (κ3) is 5.09. The summed E-state index contributed by atoms with van der Waals surface area (Å²) in [6.45, 7) is 6.78. The summed E-state index contributed by atoms with van der Waals surface area (Å²) < 4.78 is 12.6. The molecule has 0 fully saturated rings. The van der Waals surface area contributed by atoms with Crippen LogP contribution in [0, 0.1) is 5.92 Å². The van der Waals surface area contributed by atoms with E-state index in [4.69, 9.17) is 9.47 Å². The lowest BCUT2D eigenvalue weighted by molar-refractivity contribution is -0.113. The number of thioether (sulfide) groups is 1. The lowest BCUT2D eigenvalue weighted by atomic mass is 9.88. The number of nitrogens with zero attached hydrogens (tertiary/aromatic N) is 3. The molecular formula is C24H28N4O3S2. The van der Waals surface area contributed by atoms with Gasteiger partial charge in [0, 0.05) is 28.4 Å². The van der Waals surface area contributed by atoms with Gasteiger partial charge in [-0.2, -0.15) is 0 Å². The molecule has 2 heterocycles. The predicted molar refractivity (Wildman–Crippen MR) is 134 cm³/mol. The zero-order valence-electron chi connectivity index (χ0n) is 19.1. The van der Waals surface area contributed by atoms with Crippen molar-refractivity contribution in [3.8, 4) is 22.9 Å². The van der Waals surface area contributed by atoms with Crippen LogP contribution in [0.3, 0.4) is 0 Å². The summed E-state index contributed by atoms with van der Waals surface area (Å²) in [5, 5.41) is 14.7. The fourth-order valence-corrected chi connectivity index (χ4v) is 5.97. The number of fused-ring (bicyclic) bond motifs is 1. The van der Waals surface area contributed by atoms with Crippen molar-refractivity contribution in [2.75, 3.05) is 25.3 Å². The topological polar surface area (TPSA) is 78.3 Å². The number of ether oxygens (including phenoxy) is 2. The molecule has 0 saturated heterocycles. The minimum absolute atomic E-state index is 0.164. The third-order valence-electron chi connectivity index (χ3n) is 5.68. The largest absolute Gasteiger partial charge is 0.497 e. The molecule has 9 heteroatoms. The van der Waals surface area contributed by atoms with Gasteiger partial charge in [-0.25, -0.2) is 0 Å². The molecule has 0 bridgehead atoms. The molecule has 1 aliphatic carbocycles. The molecule has 0 spiro atoms. The molecule has 1 aromatic carbocycles. The van der Waals surface area contributed by atoms with Crippen molar-refractivity contribution >= 4 is 34.7 Å². The fraction of sp³-hybridized carbons (Fsp3) is 0.375. The summed E-state index contributed by atoms with van der Waals surface area (Å²) >= 11 is 3.17. The van der Waals surface area contributed by atoms with Crippen molar-refractivity contribution < 1.29 is 14.3 Å². The monoisotopic (exact) mass is 484 g/mol. The minimum atomic E-state index is -0.164. The first-order chi connectivity index (χ1) is 16.0. The third-order valence-corrected chi connectivity index (χ3v) is 7.70. The fourth-order valence-electron chi connectivity index (χ4n) is 3.98. The van der Waals surface area contributed by atoms with Crippen LogP contribution in [-0.4, -0.2) is 40.6 Å². The highest BCUT2D eigenvalue weighted by Crippen LogP contribution is 2.38. The number of hydrogen-bond donors (Lipinski definition) is 1. The first kappa shape index (κ1) is 23.4. The van der Waals surface area contributed by atoms with Crippen molar-refractivity contribution in [3.05, 3.63) is 46.7 Å². The Morgan fingerprint density at radius 2 is 2.21 bits per heavy atom. The molecule has 33 heavy (non-hydrogen) atoms. The number of carbonyl (C=O) groups is 1. The van der Waals surface area contributed by atoms with Crippen LogP contribution in [0.2, 0.25) is 0 Å². The molecule has 7 nitrogen and oxygen atoms in total. The number of methoxy groups -OCH3 is 2. The summed E-state index contributed by atoms with van der Waals surface area (Å²) in [5.74, 6) is 2.81. The Hall–Kier alpha value is -2.78. The summed E-state index contributed by atoms with van der Waals surface area (Å²) in [7, 11) is 3.15. The summed E-state index contributed by atoms with van der Waals surface area (Å²) in [6, 6.07) is 5.28. The number of benzene rings is 1. The Labute approximate surface area is 202 Å². The zero-order chi connectivity index (χ0) is 23.4. The molecule has 3 aromatic rings. The lowest BCUT2D eigenvalue weighted by Gasteiger charge is -2.19. The van der Waals surface area contributed by atoms with E-state index in [0.29, 0.717) is 28.9 Å². The van der Waals surface area contributed by atoms with Gasteiger partial charge in [0.1, 0.15) is 11.5 Å². The number of rotatable bonds is 9. The second-order valence-corrected chi connectivity index (χ2v) is 9.91. The van der Waals surface area contributed by atoms with Gasteiger partial charge in [0.05, 0.1) is 25.7 Å². The maximum Gasteiger partial charge on any atom is 0.234 e. The minimum Gasteiger partial charge on any atom is -0.497 e. The quantitative estimate of drug-likeness (QED) is 0.338. The summed E-state index contributed by atoms with van der Waals surface area (Å²) in [5.41, 5.74) is 3.12. The molecule has 0 saturated carbocycles. The van der Waals surface area contributed by atoms with E-state index in [9.17, 15) is 4.79 Å². The smallest absolute Gasteiger partial charge is 0.234 e. The molecule has 174 valence electrons. The Kier molecular flexibility index (Phi) is 7.39. The summed E-state index contributed by atoms with van der Waals surface area (Å²) in [4.78, 5) is 14.1. The van der Waals surface area contributed by atoms with Crippen molar-refractivity contribution in [2.45, 2.75) is 37.9 Å². The van der Waals surface area contributed by atoms with Crippen LogP contribution in [0.5, 0.6) is 11.5 Å². The van der Waals surface area contributed by atoms with E-state index in [1.54, 1.807) is 32.4 Å². The first-order valence-corrected chi connectivity index (χ1v) is 12.7. The molecule has 4 rings (SSSR count). The number of carbonyl (C=O) groups excluding carboxylic acids is 1. The second kappa shape index (κ2) is 10.4. The molecule has 1 atom stereocenters. The van der Waals surface area contributed by atoms with Gasteiger partial charge in [0.15, 0.2) is 11.0 Å². The van der Waals surface area contributed by atoms with Gasteiger partial charge in [-0.3, -0.25) is 9.36 Å². The number of amides is 1. The number of hydrogen-bond acceptors (Lipinski definition) is 7. The Balaban J connectivity index is 1.50. The van der Waals surface area contributed by atoms with Crippen LogP contribution in [0.4, 0.5) is 5.69 Å². The van der Waals surface area contributed by atoms with E-state index < -0.39 is 0 Å². The maximum atomic E-state index is 12.7. The van der Waals surface area contributed by atoms with Gasteiger partial charge in [0.2, 0.25) is 5.91 Å². The van der Waals surface area contributed by atoms with Crippen LogP contribution in [-0.2, 0) is 24.2 Å². The van der Waals surface area contributed by atoms with Gasteiger partial charge >= 0.3 is 0 Å². The van der Waals surface area contributed by atoms with E-state index >= 15 is 0 Å². The van der Waals surface area contributed by atoms with Crippen LogP contribution in [0.1, 0.15) is 23.8 Å². The molecule has 0 radical (unpaired) electrons. The van der Waals surface area contributed by atoms with Crippen molar-refractivity contribution in [1.82, 2.24) is 14.8 Å². The van der Waals surface area contributed by atoms with E-state index in [2.05, 4.69) is 34.4 Å². The highest BCUT2D eigenvalue weighted by atomic mass is 32.2. The lowest BCUT2D eigenvalue weighted by Crippen LogP contribution is -2.15. The van der Waals surface area contributed by atoms with Crippen molar-refractivity contribution in [2.24, 2.45) is 5.92 Å². The van der Waals surface area contributed by atoms with E-state index in [-0.39, 0.29) is 11.7 Å². The number of aromatic nitrogens is 3. The molecule has 1 N–H and O–H groups in total. The highest BCUT2D eigenvalue weighted by molar-refractivity contribution is 7.99. The summed E-state index contributed by atoms with van der Waals surface area (Å²) in [6.07, 6.45) is 5.23. The van der Waals surface area contributed by atoms with Gasteiger partial charge in [-0.15, -0.1) is 28.1 Å². The van der Waals surface area contributed by atoms with Gasteiger partial charge < -0.3 is 14.8 Å². The average Bonchev–Trinajstić information content (AvgIpc) is 3.41. The normalized spacial score (nSPS) is 15.1. The standard InChI is InChI=1S/C24H28N4O3S2/c1-5-10-28-23(18-13-32-21-11-15(2)6-8-17(18)21)26-27-24(28)33-14-22(29)25-19-12-16(30-3)7-9-20(19)31-4/h5,7,9,12-13,15H,1,6,8,10-11,14H2,2-4H3,(H,25,29). The van der Waals surface area contributed by atoms with Crippen LogP contribution in [0.15, 0.2) is 41.4 Å². The van der Waals surface area contributed by atoms with Gasteiger partial charge in [-0.05, 0) is 42.9 Å². The van der Waals surface area contributed by atoms with Crippen LogP contribution in [0.25, 0.3) is 11.4 Å². The average molecular weight is 485 g/mol. The number of allylic oxidation sites excluding steroid dienone is 1.